The van der Waals surface area contributed by atoms with Gasteiger partial charge in [-0.15, -0.1) is 0 Å². The topological polar surface area (TPSA) is 51.0 Å². The Morgan fingerprint density at radius 1 is 1.31 bits per heavy atom. The lowest BCUT2D eigenvalue weighted by molar-refractivity contribution is 0.121. The van der Waals surface area contributed by atoms with Crippen LogP contribution >= 0.6 is 0 Å². The minimum atomic E-state index is 0.0684. The third-order valence-corrected chi connectivity index (χ3v) is 3.16. The van der Waals surface area contributed by atoms with Gasteiger partial charge in [0.15, 0.2) is 0 Å². The number of hydrogen-bond donors (Lipinski definition) is 2. The fourth-order valence-corrected chi connectivity index (χ4v) is 2.08. The molecule has 1 heterocycles. The number of H-pyrrole nitrogens is 1. The highest BCUT2D eigenvalue weighted by Crippen LogP contribution is 2.32. The van der Waals surface area contributed by atoms with Crippen molar-refractivity contribution in [3.05, 3.63) is 36.0 Å². The quantitative estimate of drug-likeness (QED) is 0.775. The molecule has 3 nitrogen and oxygen atoms in total. The Morgan fingerprint density at radius 2 is 2.06 bits per heavy atom. The summed E-state index contributed by atoms with van der Waals surface area (Å²) in [5.74, 6) is 5.09. The first-order valence-electron chi connectivity index (χ1n) is 5.53. The third-order valence-electron chi connectivity index (χ3n) is 3.16. The molecule has 0 spiro atoms. The van der Waals surface area contributed by atoms with Crippen LogP contribution < -0.4 is 5.90 Å². The van der Waals surface area contributed by atoms with Crippen LogP contribution in [-0.4, -0.2) is 11.6 Å². The molecule has 0 fully saturated rings. The molecule has 86 valence electrons. The second-order valence-electron chi connectivity index (χ2n) is 4.75. The standard InChI is InChI=1S/C13H18N2O/c1-13(2,7-8-16-14)11-9-15-12-6-4-3-5-10(11)12/h3-6,9,15H,7-8,14H2,1-2H3. The molecule has 3 N–H and O–H groups in total. The lowest BCUT2D eigenvalue weighted by Crippen LogP contribution is -2.20. The lowest BCUT2D eigenvalue weighted by Gasteiger charge is -2.23. The maximum atomic E-state index is 5.09. The maximum absolute atomic E-state index is 5.09. The molecule has 2 aromatic rings. The van der Waals surface area contributed by atoms with Gasteiger partial charge in [0, 0.05) is 17.1 Å². The van der Waals surface area contributed by atoms with Gasteiger partial charge < -0.3 is 9.82 Å². The summed E-state index contributed by atoms with van der Waals surface area (Å²) in [6, 6.07) is 8.34. The number of fused-ring (bicyclic) bond motifs is 1. The van der Waals surface area contributed by atoms with Crippen LogP contribution in [0.2, 0.25) is 0 Å². The van der Waals surface area contributed by atoms with Crippen LogP contribution in [0.5, 0.6) is 0 Å². The number of para-hydroxylation sites is 1. The molecule has 0 aliphatic carbocycles. The zero-order valence-electron chi connectivity index (χ0n) is 9.79. The van der Waals surface area contributed by atoms with Gasteiger partial charge in [-0.05, 0) is 23.5 Å². The van der Waals surface area contributed by atoms with E-state index in [2.05, 4.69) is 48.1 Å². The Labute approximate surface area is 95.6 Å². The first kappa shape index (κ1) is 11.2. The van der Waals surface area contributed by atoms with Crippen molar-refractivity contribution in [2.75, 3.05) is 6.61 Å². The van der Waals surface area contributed by atoms with Crippen LogP contribution in [0.3, 0.4) is 0 Å². The van der Waals surface area contributed by atoms with Gasteiger partial charge in [0.05, 0.1) is 6.61 Å². The fourth-order valence-electron chi connectivity index (χ4n) is 2.08. The van der Waals surface area contributed by atoms with E-state index >= 15 is 0 Å². The van der Waals surface area contributed by atoms with Crippen molar-refractivity contribution < 1.29 is 4.84 Å². The van der Waals surface area contributed by atoms with Crippen LogP contribution in [-0.2, 0) is 10.3 Å². The van der Waals surface area contributed by atoms with Gasteiger partial charge in [0.1, 0.15) is 0 Å². The molecule has 0 radical (unpaired) electrons. The van der Waals surface area contributed by atoms with Gasteiger partial charge in [-0.3, -0.25) is 0 Å². The van der Waals surface area contributed by atoms with Gasteiger partial charge >= 0.3 is 0 Å². The van der Waals surface area contributed by atoms with Crippen molar-refractivity contribution in [1.82, 2.24) is 4.98 Å². The normalized spacial score (nSPS) is 12.2. The molecule has 16 heavy (non-hydrogen) atoms. The zero-order chi connectivity index (χ0) is 11.6. The lowest BCUT2D eigenvalue weighted by atomic mass is 9.82. The molecule has 0 atom stereocenters. The number of nitrogens with one attached hydrogen (secondary N) is 1. The van der Waals surface area contributed by atoms with Crippen molar-refractivity contribution in [1.29, 1.82) is 0 Å². The molecule has 0 saturated carbocycles. The molecule has 0 aliphatic rings. The minimum absolute atomic E-state index is 0.0684. The van der Waals surface area contributed by atoms with Gasteiger partial charge in [-0.2, -0.15) is 0 Å². The predicted octanol–water partition coefficient (Wildman–Crippen LogP) is 2.73. The second-order valence-corrected chi connectivity index (χ2v) is 4.75. The van der Waals surface area contributed by atoms with E-state index in [4.69, 9.17) is 5.90 Å². The minimum Gasteiger partial charge on any atom is -0.361 e. The monoisotopic (exact) mass is 218 g/mol. The number of rotatable bonds is 4. The van der Waals surface area contributed by atoms with Gasteiger partial charge in [0.25, 0.3) is 0 Å². The average molecular weight is 218 g/mol. The summed E-state index contributed by atoms with van der Waals surface area (Å²) in [7, 11) is 0. The number of aromatic nitrogens is 1. The predicted molar refractivity (Wildman–Crippen MR) is 66.1 cm³/mol. The van der Waals surface area contributed by atoms with E-state index in [1.165, 1.54) is 16.5 Å². The summed E-state index contributed by atoms with van der Waals surface area (Å²) in [5, 5.41) is 1.28. The van der Waals surface area contributed by atoms with Crippen LogP contribution in [0.1, 0.15) is 25.8 Å². The summed E-state index contributed by atoms with van der Waals surface area (Å²) >= 11 is 0. The van der Waals surface area contributed by atoms with E-state index < -0.39 is 0 Å². The highest BCUT2D eigenvalue weighted by Gasteiger charge is 2.23. The summed E-state index contributed by atoms with van der Waals surface area (Å²) in [5.41, 5.74) is 2.57. The van der Waals surface area contributed by atoms with Crippen molar-refractivity contribution in [2.45, 2.75) is 25.7 Å². The molecule has 0 amide bonds. The van der Waals surface area contributed by atoms with Crippen molar-refractivity contribution in [2.24, 2.45) is 5.90 Å². The van der Waals surface area contributed by atoms with Crippen LogP contribution in [0, 0.1) is 0 Å². The third kappa shape index (κ3) is 1.96. The first-order valence-corrected chi connectivity index (χ1v) is 5.53. The molecule has 3 heteroatoms. The Hall–Kier alpha value is -1.32. The van der Waals surface area contributed by atoms with E-state index in [1.807, 2.05) is 6.07 Å². The molecule has 1 aromatic heterocycles. The molecule has 0 saturated heterocycles. The average Bonchev–Trinajstić information content (AvgIpc) is 2.71. The largest absolute Gasteiger partial charge is 0.361 e. The SMILES string of the molecule is CC(C)(CCON)c1c[nH]c2ccccc12. The van der Waals surface area contributed by atoms with Gasteiger partial charge in [0.2, 0.25) is 0 Å². The number of nitrogens with two attached hydrogens (primary N) is 1. The van der Waals surface area contributed by atoms with Gasteiger partial charge in [-0.1, -0.05) is 32.0 Å². The summed E-state index contributed by atoms with van der Waals surface area (Å²) in [6.45, 7) is 5.00. The Balaban J connectivity index is 2.38. The number of hydrogen-bond acceptors (Lipinski definition) is 2. The van der Waals surface area contributed by atoms with E-state index in [1.54, 1.807) is 0 Å². The second kappa shape index (κ2) is 4.28. The molecule has 0 unspecified atom stereocenters. The molecule has 0 bridgehead atoms. The summed E-state index contributed by atoms with van der Waals surface area (Å²) in [4.78, 5) is 7.98. The number of aromatic amines is 1. The van der Waals surface area contributed by atoms with Crippen LogP contribution in [0.4, 0.5) is 0 Å². The van der Waals surface area contributed by atoms with Crippen molar-refractivity contribution in [3.63, 3.8) is 0 Å². The molecular formula is C13H18N2O. The summed E-state index contributed by atoms with van der Waals surface area (Å²) < 4.78 is 0. The van der Waals surface area contributed by atoms with Gasteiger partial charge in [-0.25, -0.2) is 5.90 Å². The maximum Gasteiger partial charge on any atom is 0.0687 e. The Bertz CT molecular complexity index is 473. The highest BCUT2D eigenvalue weighted by molar-refractivity contribution is 5.84. The molecular weight excluding hydrogens is 200 g/mol. The summed E-state index contributed by atoms with van der Waals surface area (Å²) in [6.07, 6.45) is 2.99. The Morgan fingerprint density at radius 3 is 2.81 bits per heavy atom. The number of benzene rings is 1. The van der Waals surface area contributed by atoms with Crippen LogP contribution in [0.15, 0.2) is 30.5 Å². The molecule has 0 aliphatic heterocycles. The first-order chi connectivity index (χ1) is 7.65. The fraction of sp³-hybridized carbons (Fsp3) is 0.385. The van der Waals surface area contributed by atoms with E-state index in [0.717, 1.165) is 6.42 Å². The van der Waals surface area contributed by atoms with E-state index in [0.29, 0.717) is 6.61 Å². The van der Waals surface area contributed by atoms with E-state index in [-0.39, 0.29) is 5.41 Å². The molecule has 2 rings (SSSR count). The van der Waals surface area contributed by atoms with E-state index in [9.17, 15) is 0 Å². The molecule has 1 aromatic carbocycles. The van der Waals surface area contributed by atoms with Crippen molar-refractivity contribution >= 4 is 10.9 Å². The van der Waals surface area contributed by atoms with Crippen molar-refractivity contribution in [3.8, 4) is 0 Å². The smallest absolute Gasteiger partial charge is 0.0687 e. The Kier molecular flexibility index (Phi) is 2.99. The highest BCUT2D eigenvalue weighted by atomic mass is 16.6. The van der Waals surface area contributed by atoms with Crippen LogP contribution in [0.25, 0.3) is 10.9 Å². The zero-order valence-corrected chi connectivity index (χ0v) is 9.79.